The van der Waals surface area contributed by atoms with E-state index in [0.29, 0.717) is 17.5 Å². The number of benzene rings is 10. The normalized spacial score (nSPS) is 13.0. The van der Waals surface area contributed by atoms with Crippen LogP contribution in [-0.2, 0) is 5.41 Å². The Morgan fingerprint density at radius 3 is 1.61 bits per heavy atom. The van der Waals surface area contributed by atoms with Crippen molar-refractivity contribution in [2.24, 2.45) is 0 Å². The summed E-state index contributed by atoms with van der Waals surface area (Å²) in [6.07, 6.45) is 0. The third-order valence-electron chi connectivity index (χ3n) is 14.6. The Kier molecular flexibility index (Phi) is 7.93. The van der Waals surface area contributed by atoms with Gasteiger partial charge >= 0.3 is 0 Å². The van der Waals surface area contributed by atoms with Crippen LogP contribution in [0.25, 0.3) is 117 Å². The fourth-order valence-electron chi connectivity index (χ4n) is 11.8. The van der Waals surface area contributed by atoms with Crippen molar-refractivity contribution in [1.29, 1.82) is 0 Å². The van der Waals surface area contributed by atoms with Crippen LogP contribution in [0.15, 0.2) is 235 Å². The zero-order valence-corrected chi connectivity index (χ0v) is 37.1. The predicted molar refractivity (Wildman–Crippen MR) is 279 cm³/mol. The lowest BCUT2D eigenvalue weighted by molar-refractivity contribution is 0.668. The van der Waals surface area contributed by atoms with Crippen LogP contribution in [0, 0.1) is 0 Å². The molecule has 0 atom stereocenters. The summed E-state index contributed by atoms with van der Waals surface area (Å²) in [4.78, 5) is 15.1. The lowest BCUT2D eigenvalue weighted by Gasteiger charge is -2.31. The first-order valence-corrected chi connectivity index (χ1v) is 23.5. The molecule has 2 aliphatic rings. The van der Waals surface area contributed by atoms with E-state index in [1.807, 2.05) is 60.7 Å². The van der Waals surface area contributed by atoms with Gasteiger partial charge in [0.2, 0.25) is 0 Å². The van der Waals surface area contributed by atoms with E-state index in [1.54, 1.807) is 0 Å². The zero-order chi connectivity index (χ0) is 45.2. The molecule has 0 fully saturated rings. The van der Waals surface area contributed by atoms with Crippen molar-refractivity contribution in [3.63, 3.8) is 0 Å². The van der Waals surface area contributed by atoms with Crippen LogP contribution in [0.3, 0.4) is 0 Å². The molecule has 0 N–H and O–H groups in total. The monoisotopic (exact) mass is 878 g/mol. The van der Waals surface area contributed by atoms with Crippen molar-refractivity contribution in [2.45, 2.75) is 5.41 Å². The number of hydrogen-bond donors (Lipinski definition) is 0. The maximum atomic E-state index is 6.92. The van der Waals surface area contributed by atoms with Crippen LogP contribution in [-0.4, -0.2) is 19.5 Å². The van der Waals surface area contributed by atoms with Gasteiger partial charge in [0.05, 0.1) is 16.4 Å². The van der Waals surface area contributed by atoms with Crippen LogP contribution in [0.4, 0.5) is 0 Å². The zero-order valence-electron chi connectivity index (χ0n) is 37.1. The van der Waals surface area contributed by atoms with Crippen molar-refractivity contribution in [1.82, 2.24) is 19.5 Å². The molecule has 13 aromatic rings. The molecule has 1 spiro atoms. The molecule has 0 aliphatic heterocycles. The third-order valence-corrected chi connectivity index (χ3v) is 14.6. The second-order valence-corrected chi connectivity index (χ2v) is 18.2. The Balaban J connectivity index is 0.977. The number of rotatable bonds is 5. The second-order valence-electron chi connectivity index (χ2n) is 18.2. The summed E-state index contributed by atoms with van der Waals surface area (Å²) in [6, 6.07) is 82.7. The van der Waals surface area contributed by atoms with Gasteiger partial charge in [-0.3, -0.25) is 0 Å². The molecule has 0 radical (unpaired) electrons. The Morgan fingerprint density at radius 1 is 0.333 bits per heavy atom. The summed E-state index contributed by atoms with van der Waals surface area (Å²) in [5.74, 6) is 1.89. The first-order chi connectivity index (χ1) is 34.2. The molecule has 3 heterocycles. The molecular weight excluding hydrogens is 841 g/mol. The highest BCUT2D eigenvalue weighted by Crippen LogP contribution is 2.65. The van der Waals surface area contributed by atoms with E-state index in [-0.39, 0.29) is 0 Å². The van der Waals surface area contributed by atoms with Gasteiger partial charge in [-0.05, 0) is 110 Å². The van der Waals surface area contributed by atoms with E-state index < -0.39 is 5.41 Å². The van der Waals surface area contributed by atoms with Crippen LogP contribution in [0.2, 0.25) is 0 Å². The number of para-hydroxylation sites is 2. The highest BCUT2D eigenvalue weighted by molar-refractivity contribution is 6.17. The third kappa shape index (κ3) is 5.38. The Bertz CT molecular complexity index is 4140. The summed E-state index contributed by atoms with van der Waals surface area (Å²) in [7, 11) is 0. The highest BCUT2D eigenvalue weighted by Gasteiger charge is 2.53. The summed E-state index contributed by atoms with van der Waals surface area (Å²) in [6.45, 7) is 0. The van der Waals surface area contributed by atoms with Gasteiger partial charge in [0, 0.05) is 43.9 Å². The van der Waals surface area contributed by atoms with E-state index in [1.165, 1.54) is 66.3 Å². The van der Waals surface area contributed by atoms with Crippen LogP contribution < -0.4 is 0 Å². The van der Waals surface area contributed by atoms with Gasteiger partial charge < -0.3 is 8.98 Å². The van der Waals surface area contributed by atoms with Gasteiger partial charge in [0.25, 0.3) is 0 Å². The van der Waals surface area contributed by atoms with Gasteiger partial charge in [0.15, 0.2) is 17.5 Å². The van der Waals surface area contributed by atoms with Crippen LogP contribution in [0.5, 0.6) is 0 Å². The summed E-state index contributed by atoms with van der Waals surface area (Å²) >= 11 is 0. The van der Waals surface area contributed by atoms with Crippen molar-refractivity contribution < 1.29 is 4.42 Å². The van der Waals surface area contributed by atoms with Crippen LogP contribution >= 0.6 is 0 Å². The summed E-state index contributed by atoms with van der Waals surface area (Å²) < 4.78 is 9.36. The molecular formula is C64H38N4O. The molecule has 320 valence electrons. The lowest BCUT2D eigenvalue weighted by atomic mass is 9.69. The average Bonchev–Trinajstić information content (AvgIpc) is 4.14. The van der Waals surface area contributed by atoms with Crippen molar-refractivity contribution in [3.8, 4) is 73.2 Å². The maximum Gasteiger partial charge on any atom is 0.164 e. The number of fused-ring (bicyclic) bond motifs is 17. The molecule has 5 nitrogen and oxygen atoms in total. The van der Waals surface area contributed by atoms with Crippen molar-refractivity contribution in [2.75, 3.05) is 0 Å². The lowest BCUT2D eigenvalue weighted by Crippen LogP contribution is -2.26. The molecule has 0 amide bonds. The fraction of sp³-hybridized carbons (Fsp3) is 0.0156. The van der Waals surface area contributed by atoms with Gasteiger partial charge in [-0.25, -0.2) is 15.0 Å². The van der Waals surface area contributed by atoms with Crippen LogP contribution in [0.1, 0.15) is 22.3 Å². The van der Waals surface area contributed by atoms with Gasteiger partial charge in [-0.2, -0.15) is 0 Å². The molecule has 3 aromatic heterocycles. The molecule has 10 aromatic carbocycles. The largest absolute Gasteiger partial charge is 0.456 e. The minimum Gasteiger partial charge on any atom is -0.456 e. The molecule has 0 saturated heterocycles. The molecule has 5 heteroatoms. The van der Waals surface area contributed by atoms with E-state index in [0.717, 1.165) is 55.4 Å². The number of hydrogen-bond acceptors (Lipinski definition) is 4. The van der Waals surface area contributed by atoms with E-state index in [4.69, 9.17) is 19.4 Å². The van der Waals surface area contributed by atoms with E-state index in [9.17, 15) is 0 Å². The summed E-state index contributed by atoms with van der Waals surface area (Å²) in [5, 5.41) is 4.70. The van der Waals surface area contributed by atoms with Gasteiger partial charge in [-0.15, -0.1) is 0 Å². The minimum atomic E-state index is -0.623. The Labute approximate surface area is 397 Å². The molecule has 15 rings (SSSR count). The Morgan fingerprint density at radius 2 is 0.899 bits per heavy atom. The number of aromatic nitrogens is 4. The topological polar surface area (TPSA) is 56.7 Å². The Hall–Kier alpha value is -9.19. The van der Waals surface area contributed by atoms with Crippen molar-refractivity contribution in [3.05, 3.63) is 253 Å². The molecule has 69 heavy (non-hydrogen) atoms. The van der Waals surface area contributed by atoms with E-state index in [2.05, 4.69) is 174 Å². The second kappa shape index (κ2) is 14.4. The van der Waals surface area contributed by atoms with E-state index >= 15 is 0 Å². The number of furan rings is 1. The van der Waals surface area contributed by atoms with Crippen molar-refractivity contribution >= 4 is 43.7 Å². The first-order valence-electron chi connectivity index (χ1n) is 23.5. The molecule has 2 aliphatic carbocycles. The summed E-state index contributed by atoms with van der Waals surface area (Å²) in [5.41, 5.74) is 19.7. The molecule has 0 saturated carbocycles. The standard InChI is InChI=1S/C64H38N4O/c1-4-17-39(18-5-1)61-65-62(40-19-6-2-7-20-40)67-63(66-61)43-22-16-21-41(35-43)42-31-33-57-51(36-42)59-58(69-57)34-32-48-49-37-50-47-27-12-15-30-55(47)68(44-23-8-3-9-24-44)56(50)38-54(49)64(60(48)59)52-28-13-10-25-45(52)46-26-11-14-29-53(46)64/h1-38H. The highest BCUT2D eigenvalue weighted by atomic mass is 16.3. The molecule has 0 bridgehead atoms. The average molecular weight is 879 g/mol. The molecule has 0 unspecified atom stereocenters. The minimum absolute atomic E-state index is 0.621. The predicted octanol–water partition coefficient (Wildman–Crippen LogP) is 15.9. The first kappa shape index (κ1) is 38.0. The SMILES string of the molecule is c1ccc(-c2nc(-c3ccccc3)nc(-c3cccc(-c4ccc5oc6ccc7c(c6c5c4)C4(c5ccccc5-c5ccccc54)c4cc5c(cc4-7)c4ccccc4n5-c4ccccc4)c3)n2)cc1. The fourth-order valence-corrected chi connectivity index (χ4v) is 11.8. The quantitative estimate of drug-likeness (QED) is 0.173. The van der Waals surface area contributed by atoms with Gasteiger partial charge in [-0.1, -0.05) is 176 Å². The number of nitrogens with zero attached hydrogens (tertiary/aromatic N) is 4. The maximum absolute atomic E-state index is 6.92. The smallest absolute Gasteiger partial charge is 0.164 e. The van der Waals surface area contributed by atoms with Gasteiger partial charge in [0.1, 0.15) is 11.2 Å².